The summed E-state index contributed by atoms with van der Waals surface area (Å²) in [5.74, 6) is 3.85. The van der Waals surface area contributed by atoms with Crippen LogP contribution < -0.4 is 4.74 Å². The molecule has 2 saturated carbocycles. The van der Waals surface area contributed by atoms with E-state index < -0.39 is 0 Å². The van der Waals surface area contributed by atoms with E-state index in [1.54, 1.807) is 12.3 Å². The molecule has 3 aromatic heterocycles. The Hall–Kier alpha value is -3.02. The maximum Gasteiger partial charge on any atom is 0.177 e. The number of hydrogen-bond acceptors (Lipinski definition) is 4. The minimum atomic E-state index is -0.265. The summed E-state index contributed by atoms with van der Waals surface area (Å²) in [6.45, 7) is 4.26. The summed E-state index contributed by atoms with van der Waals surface area (Å²) in [6.07, 6.45) is 3.98. The quantitative estimate of drug-likeness (QED) is 0.512. The molecule has 0 radical (unpaired) electrons. The second-order valence-electron chi connectivity index (χ2n) is 8.82. The minimum Gasteiger partial charge on any atom is -0.490 e. The predicted octanol–water partition coefficient (Wildman–Crippen LogP) is 5.16. The Bertz CT molecular complexity index is 1260. The summed E-state index contributed by atoms with van der Waals surface area (Å²) in [5, 5.41) is 0.744. The van der Waals surface area contributed by atoms with E-state index >= 15 is 0 Å². The van der Waals surface area contributed by atoms with Gasteiger partial charge in [0.05, 0.1) is 17.1 Å². The number of pyridine rings is 2. The SMILES string of the molecule is Cc1ccc2[nH]c(C(C)[C@H]3[C@@H]4C[C@@H](Oc5ccnc6ccc(F)cc56)C[C@@H]43)nc2n1. The van der Waals surface area contributed by atoms with E-state index in [1.807, 2.05) is 19.1 Å². The van der Waals surface area contributed by atoms with Crippen molar-refractivity contribution < 1.29 is 9.13 Å². The van der Waals surface area contributed by atoms with Crippen LogP contribution in [-0.4, -0.2) is 26.0 Å². The monoisotopic (exact) mass is 402 g/mol. The van der Waals surface area contributed by atoms with Crippen molar-refractivity contribution >= 4 is 22.1 Å². The number of aryl methyl sites for hydroxylation is 1. The summed E-state index contributed by atoms with van der Waals surface area (Å²) < 4.78 is 20.0. The normalized spacial score (nSPS) is 26.1. The summed E-state index contributed by atoms with van der Waals surface area (Å²) in [5.41, 5.74) is 3.56. The van der Waals surface area contributed by atoms with Crippen LogP contribution in [0.3, 0.4) is 0 Å². The van der Waals surface area contributed by atoms with Crippen LogP contribution in [0.2, 0.25) is 0 Å². The van der Waals surface area contributed by atoms with Gasteiger partial charge in [-0.25, -0.2) is 14.4 Å². The first kappa shape index (κ1) is 17.8. The lowest BCUT2D eigenvalue weighted by Crippen LogP contribution is -2.17. The molecule has 152 valence electrons. The zero-order chi connectivity index (χ0) is 20.4. The molecule has 1 N–H and O–H groups in total. The van der Waals surface area contributed by atoms with Crippen molar-refractivity contribution in [1.29, 1.82) is 0 Å². The molecular weight excluding hydrogens is 379 g/mol. The van der Waals surface area contributed by atoms with E-state index in [0.29, 0.717) is 23.7 Å². The molecule has 0 bridgehead atoms. The Morgan fingerprint density at radius 1 is 1.10 bits per heavy atom. The van der Waals surface area contributed by atoms with Gasteiger partial charge in [-0.05, 0) is 73.9 Å². The summed E-state index contributed by atoms with van der Waals surface area (Å²) in [7, 11) is 0. The van der Waals surface area contributed by atoms with Gasteiger partial charge in [-0.1, -0.05) is 6.92 Å². The number of nitrogens with one attached hydrogen (secondary N) is 1. The fraction of sp³-hybridized carbons (Fsp3) is 0.375. The highest BCUT2D eigenvalue weighted by Crippen LogP contribution is 2.63. The summed E-state index contributed by atoms with van der Waals surface area (Å²) >= 11 is 0. The van der Waals surface area contributed by atoms with Gasteiger partial charge in [0.1, 0.15) is 17.4 Å². The van der Waals surface area contributed by atoms with Gasteiger partial charge >= 0.3 is 0 Å². The molecule has 2 aliphatic carbocycles. The lowest BCUT2D eigenvalue weighted by molar-refractivity contribution is 0.186. The molecule has 0 saturated heterocycles. The first-order chi connectivity index (χ1) is 14.6. The number of rotatable bonds is 4. The van der Waals surface area contributed by atoms with Gasteiger partial charge in [-0.15, -0.1) is 0 Å². The molecule has 3 heterocycles. The average molecular weight is 402 g/mol. The number of benzene rings is 1. The van der Waals surface area contributed by atoms with E-state index in [0.717, 1.165) is 52.2 Å². The van der Waals surface area contributed by atoms with E-state index in [-0.39, 0.29) is 11.9 Å². The molecule has 4 aromatic rings. The van der Waals surface area contributed by atoms with Crippen molar-refractivity contribution in [2.75, 3.05) is 0 Å². The van der Waals surface area contributed by atoms with Crippen LogP contribution in [-0.2, 0) is 0 Å². The first-order valence-corrected chi connectivity index (χ1v) is 10.6. The number of ether oxygens (including phenoxy) is 1. The highest BCUT2D eigenvalue weighted by atomic mass is 19.1. The second kappa shape index (κ2) is 6.49. The van der Waals surface area contributed by atoms with Crippen LogP contribution in [0, 0.1) is 30.5 Å². The lowest BCUT2D eigenvalue weighted by atomic mass is 9.97. The van der Waals surface area contributed by atoms with Gasteiger partial charge in [0, 0.05) is 23.2 Å². The number of fused-ring (bicyclic) bond motifs is 3. The standard InChI is InChI=1S/C24H23FN4O/c1-12-3-5-20-24(27-12)29-23(28-20)13(2)22-16-10-15(11-17(16)22)30-21-7-8-26-19-6-4-14(25)9-18(19)21/h3-9,13,15-17,22H,10-11H2,1-2H3,(H,27,28,29)/t13?,15-,16-,17+,22+. The molecule has 0 amide bonds. The number of nitrogens with zero attached hydrogens (tertiary/aromatic N) is 3. The zero-order valence-corrected chi connectivity index (χ0v) is 17.0. The Balaban J connectivity index is 1.16. The van der Waals surface area contributed by atoms with Gasteiger partial charge in [0.25, 0.3) is 0 Å². The molecule has 5 nitrogen and oxygen atoms in total. The fourth-order valence-electron chi connectivity index (χ4n) is 5.46. The number of aromatic amines is 1. The number of halogens is 1. The van der Waals surface area contributed by atoms with Gasteiger partial charge in [0.2, 0.25) is 0 Å². The smallest absolute Gasteiger partial charge is 0.177 e. The summed E-state index contributed by atoms with van der Waals surface area (Å²) in [4.78, 5) is 17.1. The van der Waals surface area contributed by atoms with Crippen molar-refractivity contribution in [1.82, 2.24) is 19.9 Å². The highest BCUT2D eigenvalue weighted by molar-refractivity contribution is 5.84. The Morgan fingerprint density at radius 3 is 2.77 bits per heavy atom. The van der Waals surface area contributed by atoms with Crippen LogP contribution in [0.5, 0.6) is 5.75 Å². The third-order valence-electron chi connectivity index (χ3n) is 6.94. The molecule has 30 heavy (non-hydrogen) atoms. The van der Waals surface area contributed by atoms with Gasteiger partial charge < -0.3 is 9.72 Å². The third kappa shape index (κ3) is 2.85. The van der Waals surface area contributed by atoms with Gasteiger partial charge in [-0.3, -0.25) is 4.98 Å². The maximum atomic E-state index is 13.7. The van der Waals surface area contributed by atoms with E-state index in [2.05, 4.69) is 27.9 Å². The molecule has 0 spiro atoms. The Kier molecular flexibility index (Phi) is 3.85. The zero-order valence-electron chi connectivity index (χ0n) is 17.0. The molecule has 6 heteroatoms. The predicted molar refractivity (Wildman–Crippen MR) is 113 cm³/mol. The Morgan fingerprint density at radius 2 is 1.93 bits per heavy atom. The largest absolute Gasteiger partial charge is 0.490 e. The molecule has 6 rings (SSSR count). The van der Waals surface area contributed by atoms with Crippen LogP contribution in [0.1, 0.15) is 37.2 Å². The van der Waals surface area contributed by atoms with Gasteiger partial charge in [-0.2, -0.15) is 0 Å². The molecule has 1 unspecified atom stereocenters. The lowest BCUT2D eigenvalue weighted by Gasteiger charge is -2.19. The van der Waals surface area contributed by atoms with Crippen molar-refractivity contribution in [2.45, 2.75) is 38.7 Å². The molecule has 5 atom stereocenters. The summed E-state index contributed by atoms with van der Waals surface area (Å²) in [6, 6.07) is 10.6. The number of imidazole rings is 1. The number of H-pyrrole nitrogens is 1. The van der Waals surface area contributed by atoms with Crippen molar-refractivity contribution in [3.05, 3.63) is 59.9 Å². The third-order valence-corrected chi connectivity index (χ3v) is 6.94. The van der Waals surface area contributed by atoms with Crippen molar-refractivity contribution in [3.8, 4) is 5.75 Å². The average Bonchev–Trinajstić information content (AvgIpc) is 3.06. The number of hydrogen-bond donors (Lipinski definition) is 1. The topological polar surface area (TPSA) is 63.7 Å². The highest BCUT2D eigenvalue weighted by Gasteiger charge is 2.59. The molecule has 2 aliphatic rings. The van der Waals surface area contributed by atoms with E-state index in [9.17, 15) is 4.39 Å². The minimum absolute atomic E-state index is 0.178. The molecule has 0 aliphatic heterocycles. The molecule has 1 aromatic carbocycles. The van der Waals surface area contributed by atoms with E-state index in [1.165, 1.54) is 12.1 Å². The molecule has 2 fully saturated rings. The Labute approximate surface area is 173 Å². The van der Waals surface area contributed by atoms with Crippen LogP contribution in [0.4, 0.5) is 4.39 Å². The van der Waals surface area contributed by atoms with Crippen LogP contribution in [0.15, 0.2) is 42.6 Å². The van der Waals surface area contributed by atoms with Crippen LogP contribution in [0.25, 0.3) is 22.1 Å². The first-order valence-electron chi connectivity index (χ1n) is 10.6. The maximum absolute atomic E-state index is 13.7. The second-order valence-corrected chi connectivity index (χ2v) is 8.82. The fourth-order valence-corrected chi connectivity index (χ4v) is 5.46. The van der Waals surface area contributed by atoms with Gasteiger partial charge in [0.15, 0.2) is 5.65 Å². The molecular formula is C24H23FN4O. The van der Waals surface area contributed by atoms with Crippen molar-refractivity contribution in [3.63, 3.8) is 0 Å². The van der Waals surface area contributed by atoms with Crippen LogP contribution >= 0.6 is 0 Å². The van der Waals surface area contributed by atoms with E-state index in [4.69, 9.17) is 9.72 Å². The number of aromatic nitrogens is 4. The van der Waals surface area contributed by atoms with Crippen molar-refractivity contribution in [2.24, 2.45) is 17.8 Å².